The van der Waals surface area contributed by atoms with Crippen molar-refractivity contribution in [1.82, 2.24) is 20.1 Å². The number of amides is 1. The van der Waals surface area contributed by atoms with Crippen molar-refractivity contribution < 1.29 is 18.0 Å². The summed E-state index contributed by atoms with van der Waals surface area (Å²) < 4.78 is 34.0. The topological polar surface area (TPSA) is 96.7 Å². The van der Waals surface area contributed by atoms with E-state index in [-0.39, 0.29) is 11.3 Å². The minimum atomic E-state index is -1.23. The van der Waals surface area contributed by atoms with Crippen molar-refractivity contribution in [3.05, 3.63) is 53.8 Å². The molecule has 0 bridgehead atoms. The maximum absolute atomic E-state index is 13.8. The molecule has 10 heteroatoms. The van der Waals surface area contributed by atoms with E-state index in [1.807, 2.05) is 6.92 Å². The molecule has 0 saturated heterocycles. The maximum atomic E-state index is 13.8. The molecule has 28 heavy (non-hydrogen) atoms. The van der Waals surface area contributed by atoms with Gasteiger partial charge in [0.1, 0.15) is 17.7 Å². The van der Waals surface area contributed by atoms with E-state index in [0.29, 0.717) is 29.4 Å². The zero-order valence-electron chi connectivity index (χ0n) is 14.7. The lowest BCUT2D eigenvalue weighted by molar-refractivity contribution is -0.118. The molecule has 1 N–H and O–H groups in total. The van der Waals surface area contributed by atoms with Crippen LogP contribution < -0.4 is 5.32 Å². The summed E-state index contributed by atoms with van der Waals surface area (Å²) in [6.45, 7) is 2.47. The molecule has 0 saturated carbocycles. The third-order valence-electron chi connectivity index (χ3n) is 3.81. The Hall–Kier alpha value is -3.19. The van der Waals surface area contributed by atoms with Gasteiger partial charge in [0.15, 0.2) is 16.7 Å². The predicted octanol–water partition coefficient (Wildman–Crippen LogP) is 3.31. The number of rotatable bonds is 7. The van der Waals surface area contributed by atoms with Gasteiger partial charge >= 0.3 is 0 Å². The van der Waals surface area contributed by atoms with Gasteiger partial charge in [0.2, 0.25) is 5.91 Å². The lowest BCUT2D eigenvalue weighted by atomic mass is 10.1. The fraction of sp³-hybridized carbons (Fsp3) is 0.222. The van der Waals surface area contributed by atoms with E-state index in [2.05, 4.69) is 15.5 Å². The first-order chi connectivity index (χ1) is 13.5. The number of nitriles is 1. The van der Waals surface area contributed by atoms with Gasteiger partial charge in [-0.25, -0.2) is 8.78 Å². The number of nitrogens with one attached hydrogen (secondary N) is 1. The number of thioether (sulfide) groups is 1. The Kier molecular flexibility index (Phi) is 6.06. The van der Waals surface area contributed by atoms with E-state index in [9.17, 15) is 18.8 Å². The minimum Gasteiger partial charge on any atom is -0.461 e. The Morgan fingerprint density at radius 1 is 1.39 bits per heavy atom. The second kappa shape index (κ2) is 8.67. The van der Waals surface area contributed by atoms with Crippen molar-refractivity contribution in [2.75, 3.05) is 5.75 Å². The summed E-state index contributed by atoms with van der Waals surface area (Å²) in [7, 11) is 0. The summed E-state index contributed by atoms with van der Waals surface area (Å²) in [5.74, 6) is -1.11. The SMILES string of the molecule is CCn1c(SCC(=O)NC(C#N)c2ccc(F)cc2F)nnc1-c1ccco1. The van der Waals surface area contributed by atoms with Crippen LogP contribution in [0.3, 0.4) is 0 Å². The first kappa shape index (κ1) is 19.6. The van der Waals surface area contributed by atoms with E-state index in [0.717, 1.165) is 23.9 Å². The van der Waals surface area contributed by atoms with Gasteiger partial charge in [-0.2, -0.15) is 5.26 Å². The lowest BCUT2D eigenvalue weighted by Crippen LogP contribution is -2.29. The molecule has 2 aromatic heterocycles. The number of halogens is 2. The number of furan rings is 1. The van der Waals surface area contributed by atoms with E-state index in [4.69, 9.17) is 4.42 Å². The fourth-order valence-electron chi connectivity index (χ4n) is 2.52. The van der Waals surface area contributed by atoms with Crippen molar-refractivity contribution in [1.29, 1.82) is 5.26 Å². The van der Waals surface area contributed by atoms with Crippen LogP contribution in [0, 0.1) is 23.0 Å². The van der Waals surface area contributed by atoms with Gasteiger partial charge in [0.05, 0.1) is 18.1 Å². The quantitative estimate of drug-likeness (QED) is 0.608. The summed E-state index contributed by atoms with van der Waals surface area (Å²) in [6, 6.07) is 6.90. The maximum Gasteiger partial charge on any atom is 0.231 e. The predicted molar refractivity (Wildman–Crippen MR) is 97.0 cm³/mol. The van der Waals surface area contributed by atoms with Gasteiger partial charge < -0.3 is 9.73 Å². The molecule has 1 aromatic carbocycles. The zero-order chi connectivity index (χ0) is 20.1. The van der Waals surface area contributed by atoms with Gasteiger partial charge in [-0.05, 0) is 25.1 Å². The molecule has 0 spiro atoms. The Balaban J connectivity index is 1.66. The summed E-state index contributed by atoms with van der Waals surface area (Å²) in [4.78, 5) is 12.2. The Labute approximate surface area is 163 Å². The largest absolute Gasteiger partial charge is 0.461 e. The summed E-state index contributed by atoms with van der Waals surface area (Å²) >= 11 is 1.12. The third kappa shape index (κ3) is 4.20. The molecule has 0 fully saturated rings. The third-order valence-corrected chi connectivity index (χ3v) is 4.78. The first-order valence-corrected chi connectivity index (χ1v) is 9.25. The number of nitrogens with zero attached hydrogens (tertiary/aromatic N) is 4. The van der Waals surface area contributed by atoms with Crippen LogP contribution in [0.5, 0.6) is 0 Å². The minimum absolute atomic E-state index is 0.0583. The first-order valence-electron chi connectivity index (χ1n) is 8.27. The number of benzene rings is 1. The van der Waals surface area contributed by atoms with E-state index < -0.39 is 23.6 Å². The molecule has 3 aromatic rings. The van der Waals surface area contributed by atoms with Gasteiger partial charge in [-0.3, -0.25) is 9.36 Å². The highest BCUT2D eigenvalue weighted by molar-refractivity contribution is 7.99. The van der Waals surface area contributed by atoms with Gasteiger partial charge in [-0.15, -0.1) is 10.2 Å². The standard InChI is InChI=1S/C18H15F2N5O2S/c1-2-25-17(15-4-3-7-27-15)23-24-18(25)28-10-16(26)22-14(9-21)12-6-5-11(19)8-13(12)20/h3-8,14H,2,10H2,1H3,(H,22,26). The molecule has 1 atom stereocenters. The summed E-state index contributed by atoms with van der Waals surface area (Å²) in [5.41, 5.74) is -0.0981. The van der Waals surface area contributed by atoms with Gasteiger partial charge in [-0.1, -0.05) is 17.8 Å². The van der Waals surface area contributed by atoms with E-state index >= 15 is 0 Å². The monoisotopic (exact) mass is 403 g/mol. The molecular weight excluding hydrogens is 388 g/mol. The molecule has 7 nitrogen and oxygen atoms in total. The average Bonchev–Trinajstić information content (AvgIpc) is 3.33. The smallest absolute Gasteiger partial charge is 0.231 e. The van der Waals surface area contributed by atoms with Crippen LogP contribution in [0.1, 0.15) is 18.5 Å². The number of carbonyl (C=O) groups is 1. The molecule has 1 amide bonds. The average molecular weight is 403 g/mol. The van der Waals surface area contributed by atoms with Crippen LogP contribution >= 0.6 is 11.8 Å². The highest BCUT2D eigenvalue weighted by Gasteiger charge is 2.20. The van der Waals surface area contributed by atoms with E-state index in [1.54, 1.807) is 22.8 Å². The molecule has 0 radical (unpaired) electrons. The molecule has 0 aliphatic rings. The van der Waals surface area contributed by atoms with E-state index in [1.165, 1.54) is 6.26 Å². The highest BCUT2D eigenvalue weighted by Crippen LogP contribution is 2.24. The fourth-order valence-corrected chi connectivity index (χ4v) is 3.33. The molecule has 1 unspecified atom stereocenters. The molecule has 0 aliphatic heterocycles. The molecule has 0 aliphatic carbocycles. The van der Waals surface area contributed by atoms with Crippen molar-refractivity contribution in [2.45, 2.75) is 24.7 Å². The Morgan fingerprint density at radius 2 is 2.21 bits per heavy atom. The summed E-state index contributed by atoms with van der Waals surface area (Å²) in [6.07, 6.45) is 1.53. The molecule has 3 rings (SSSR count). The molecular formula is C18H15F2N5O2S. The van der Waals surface area contributed by atoms with Crippen LogP contribution in [0.2, 0.25) is 0 Å². The zero-order valence-corrected chi connectivity index (χ0v) is 15.5. The molecule has 144 valence electrons. The van der Waals surface area contributed by atoms with Crippen LogP contribution in [-0.4, -0.2) is 26.4 Å². The number of hydrogen-bond donors (Lipinski definition) is 1. The van der Waals surface area contributed by atoms with Crippen molar-refractivity contribution in [3.8, 4) is 17.7 Å². The van der Waals surface area contributed by atoms with Crippen molar-refractivity contribution >= 4 is 17.7 Å². The van der Waals surface area contributed by atoms with Gasteiger partial charge in [0, 0.05) is 18.2 Å². The number of aromatic nitrogens is 3. The van der Waals surface area contributed by atoms with Crippen LogP contribution in [0.4, 0.5) is 8.78 Å². The normalized spacial score (nSPS) is 11.8. The number of carbonyl (C=O) groups excluding carboxylic acids is 1. The second-order valence-electron chi connectivity index (χ2n) is 5.61. The highest BCUT2D eigenvalue weighted by atomic mass is 32.2. The Morgan fingerprint density at radius 3 is 2.86 bits per heavy atom. The molecule has 2 heterocycles. The second-order valence-corrected chi connectivity index (χ2v) is 6.55. The lowest BCUT2D eigenvalue weighted by Gasteiger charge is -2.13. The van der Waals surface area contributed by atoms with Crippen molar-refractivity contribution in [2.24, 2.45) is 0 Å². The van der Waals surface area contributed by atoms with Crippen LogP contribution in [0.25, 0.3) is 11.6 Å². The van der Waals surface area contributed by atoms with Gasteiger partial charge in [0.25, 0.3) is 0 Å². The van der Waals surface area contributed by atoms with Crippen LogP contribution in [0.15, 0.2) is 46.2 Å². The van der Waals surface area contributed by atoms with Crippen LogP contribution in [-0.2, 0) is 11.3 Å². The summed E-state index contributed by atoms with van der Waals surface area (Å²) in [5, 5.41) is 20.3. The Bertz CT molecular complexity index is 1010. The number of hydrogen-bond acceptors (Lipinski definition) is 6. The van der Waals surface area contributed by atoms with Crippen molar-refractivity contribution in [3.63, 3.8) is 0 Å².